The quantitative estimate of drug-likeness (QED) is 0.628. The van der Waals surface area contributed by atoms with Crippen molar-refractivity contribution in [2.75, 3.05) is 0 Å². The minimum Gasteiger partial charge on any atom is -0.458 e. The summed E-state index contributed by atoms with van der Waals surface area (Å²) in [5, 5.41) is 4.58. The van der Waals surface area contributed by atoms with Gasteiger partial charge in [-0.2, -0.15) is 0 Å². The molecule has 0 aliphatic heterocycles. The predicted molar refractivity (Wildman–Crippen MR) is 111 cm³/mol. The second kappa shape index (κ2) is 8.57. The molecule has 0 unspecified atom stereocenters. The molecule has 0 fully saturated rings. The molecule has 7 nitrogen and oxygen atoms in total. The Bertz CT molecular complexity index is 1100. The number of thiazole rings is 1. The Hall–Kier alpha value is -3.00. The van der Waals surface area contributed by atoms with Crippen LogP contribution in [0.5, 0.6) is 0 Å². The second-order valence-electron chi connectivity index (χ2n) is 7.25. The van der Waals surface area contributed by atoms with Gasteiger partial charge in [0, 0.05) is 22.7 Å². The van der Waals surface area contributed by atoms with E-state index >= 15 is 0 Å². The van der Waals surface area contributed by atoms with Crippen LogP contribution in [0, 0.1) is 19.8 Å². The molecule has 152 valence electrons. The third kappa shape index (κ3) is 4.71. The lowest BCUT2D eigenvalue weighted by molar-refractivity contribution is -0.148. The van der Waals surface area contributed by atoms with E-state index in [1.807, 2.05) is 45.2 Å². The molecule has 3 aromatic rings. The third-order valence-corrected chi connectivity index (χ3v) is 5.46. The van der Waals surface area contributed by atoms with Gasteiger partial charge in [-0.15, -0.1) is 11.3 Å². The van der Waals surface area contributed by atoms with E-state index in [1.165, 1.54) is 21.8 Å². The fraction of sp³-hybridized carbons (Fsp3) is 0.333. The van der Waals surface area contributed by atoms with Crippen LogP contribution >= 0.6 is 11.3 Å². The molecule has 29 heavy (non-hydrogen) atoms. The molecule has 2 aromatic heterocycles. The van der Waals surface area contributed by atoms with Crippen LogP contribution in [-0.2, 0) is 16.1 Å². The first-order valence-corrected chi connectivity index (χ1v) is 10.1. The van der Waals surface area contributed by atoms with Crippen molar-refractivity contribution in [3.05, 3.63) is 68.6 Å². The molecule has 0 spiro atoms. The van der Waals surface area contributed by atoms with Crippen LogP contribution in [0.25, 0.3) is 4.96 Å². The molecule has 0 aliphatic rings. The zero-order valence-electron chi connectivity index (χ0n) is 16.8. The molecular formula is C21H23N3O4S. The lowest BCUT2D eigenvalue weighted by Gasteiger charge is -2.21. The molecule has 0 saturated heterocycles. The fourth-order valence-electron chi connectivity index (χ4n) is 2.84. The maximum atomic E-state index is 12.6. The summed E-state index contributed by atoms with van der Waals surface area (Å²) in [6.07, 6.45) is 0. The maximum Gasteiger partial charge on any atom is 0.329 e. The Morgan fingerprint density at radius 2 is 1.90 bits per heavy atom. The van der Waals surface area contributed by atoms with E-state index in [0.29, 0.717) is 16.2 Å². The van der Waals surface area contributed by atoms with Crippen molar-refractivity contribution in [2.24, 2.45) is 5.92 Å². The molecule has 1 N–H and O–H groups in total. The highest BCUT2D eigenvalue weighted by Gasteiger charge is 2.26. The van der Waals surface area contributed by atoms with Crippen LogP contribution in [0.2, 0.25) is 0 Å². The summed E-state index contributed by atoms with van der Waals surface area (Å²) < 4.78 is 6.87. The van der Waals surface area contributed by atoms with Gasteiger partial charge < -0.3 is 10.1 Å². The number of hydrogen-bond donors (Lipinski definition) is 1. The number of ether oxygens (including phenoxy) is 1. The van der Waals surface area contributed by atoms with Crippen LogP contribution in [0.4, 0.5) is 0 Å². The molecule has 2 heterocycles. The van der Waals surface area contributed by atoms with E-state index in [1.54, 1.807) is 12.1 Å². The van der Waals surface area contributed by atoms with Crippen molar-refractivity contribution < 1.29 is 14.3 Å². The van der Waals surface area contributed by atoms with Crippen LogP contribution < -0.4 is 10.9 Å². The Labute approximate surface area is 172 Å². The van der Waals surface area contributed by atoms with E-state index in [9.17, 15) is 14.4 Å². The largest absolute Gasteiger partial charge is 0.458 e. The second-order valence-corrected chi connectivity index (χ2v) is 8.09. The number of nitrogens with one attached hydrogen (secondary N) is 1. The Balaban J connectivity index is 1.69. The SMILES string of the molecule is Cc1ccc(C(=O)N[C@H](C(=O)OCc2cc(=O)n3c(C)csc3n2)C(C)C)cc1. The highest BCUT2D eigenvalue weighted by molar-refractivity contribution is 7.15. The van der Waals surface area contributed by atoms with Gasteiger partial charge >= 0.3 is 5.97 Å². The molecule has 1 aromatic carbocycles. The summed E-state index contributed by atoms with van der Waals surface area (Å²) >= 11 is 1.35. The molecule has 1 atom stereocenters. The number of hydrogen-bond acceptors (Lipinski definition) is 6. The van der Waals surface area contributed by atoms with Gasteiger partial charge in [0.25, 0.3) is 11.5 Å². The first-order valence-electron chi connectivity index (χ1n) is 9.27. The topological polar surface area (TPSA) is 89.8 Å². The summed E-state index contributed by atoms with van der Waals surface area (Å²) in [6.45, 7) is 7.28. The van der Waals surface area contributed by atoms with Gasteiger partial charge in [-0.1, -0.05) is 31.5 Å². The summed E-state index contributed by atoms with van der Waals surface area (Å²) in [5.74, 6) is -1.07. The average Bonchev–Trinajstić information content (AvgIpc) is 3.05. The van der Waals surface area contributed by atoms with Crippen LogP contribution in [-0.4, -0.2) is 27.3 Å². The number of fused-ring (bicyclic) bond motifs is 1. The van der Waals surface area contributed by atoms with E-state index in [2.05, 4.69) is 10.3 Å². The number of rotatable bonds is 6. The van der Waals surface area contributed by atoms with Crippen LogP contribution in [0.3, 0.4) is 0 Å². The minimum atomic E-state index is -0.808. The number of aryl methyl sites for hydroxylation is 2. The van der Waals surface area contributed by atoms with Gasteiger partial charge in [-0.05, 0) is 31.9 Å². The Kier molecular flexibility index (Phi) is 6.12. The van der Waals surface area contributed by atoms with Gasteiger partial charge in [-0.25, -0.2) is 9.78 Å². The van der Waals surface area contributed by atoms with Crippen molar-refractivity contribution in [3.8, 4) is 0 Å². The molecule has 0 bridgehead atoms. The number of benzene rings is 1. The lowest BCUT2D eigenvalue weighted by Crippen LogP contribution is -2.45. The Morgan fingerprint density at radius 3 is 2.55 bits per heavy atom. The lowest BCUT2D eigenvalue weighted by atomic mass is 10.0. The van der Waals surface area contributed by atoms with E-state index in [0.717, 1.165) is 11.3 Å². The summed E-state index contributed by atoms with van der Waals surface area (Å²) in [7, 11) is 0. The number of amides is 1. The first-order chi connectivity index (χ1) is 13.8. The standard InChI is InChI=1S/C21H23N3O4S/c1-12(2)18(23-19(26)15-7-5-13(3)6-8-15)20(27)28-10-16-9-17(25)24-14(4)11-29-21(24)22-16/h5-9,11-12,18H,10H2,1-4H3,(H,23,26)/t18-/m0/s1. The van der Waals surface area contributed by atoms with E-state index < -0.39 is 12.0 Å². The Morgan fingerprint density at radius 1 is 1.21 bits per heavy atom. The monoisotopic (exact) mass is 413 g/mol. The van der Waals surface area contributed by atoms with E-state index in [-0.39, 0.29) is 24.0 Å². The van der Waals surface area contributed by atoms with Gasteiger partial charge in [0.15, 0.2) is 4.96 Å². The van der Waals surface area contributed by atoms with Crippen molar-refractivity contribution in [2.45, 2.75) is 40.3 Å². The van der Waals surface area contributed by atoms with Gasteiger partial charge in [-0.3, -0.25) is 14.0 Å². The minimum absolute atomic E-state index is 0.134. The molecular weight excluding hydrogens is 390 g/mol. The number of carbonyl (C=O) groups excluding carboxylic acids is 2. The zero-order valence-corrected chi connectivity index (χ0v) is 17.6. The zero-order chi connectivity index (χ0) is 21.1. The first kappa shape index (κ1) is 20.7. The van der Waals surface area contributed by atoms with Gasteiger partial charge in [0.05, 0.1) is 5.69 Å². The highest BCUT2D eigenvalue weighted by atomic mass is 32.1. The molecule has 3 rings (SSSR count). The normalized spacial score (nSPS) is 12.2. The van der Waals surface area contributed by atoms with Crippen molar-refractivity contribution >= 4 is 28.2 Å². The predicted octanol–water partition coefficient (Wildman–Crippen LogP) is 2.87. The van der Waals surface area contributed by atoms with Crippen molar-refractivity contribution in [1.82, 2.24) is 14.7 Å². The van der Waals surface area contributed by atoms with Gasteiger partial charge in [0.2, 0.25) is 0 Å². The molecule has 0 radical (unpaired) electrons. The number of aromatic nitrogens is 2. The van der Waals surface area contributed by atoms with Crippen molar-refractivity contribution in [3.63, 3.8) is 0 Å². The average molecular weight is 413 g/mol. The van der Waals surface area contributed by atoms with Gasteiger partial charge in [0.1, 0.15) is 12.6 Å². The van der Waals surface area contributed by atoms with E-state index in [4.69, 9.17) is 4.74 Å². The van der Waals surface area contributed by atoms with Crippen LogP contribution in [0.1, 0.15) is 41.2 Å². The maximum absolute atomic E-state index is 12.6. The molecule has 1 amide bonds. The molecule has 0 aliphatic carbocycles. The number of carbonyl (C=O) groups is 2. The summed E-state index contributed by atoms with van der Waals surface area (Å²) in [5.41, 5.74) is 2.49. The molecule has 8 heteroatoms. The smallest absolute Gasteiger partial charge is 0.329 e. The third-order valence-electron chi connectivity index (χ3n) is 4.51. The summed E-state index contributed by atoms with van der Waals surface area (Å²) in [4.78, 5) is 42.2. The van der Waals surface area contributed by atoms with Crippen molar-refractivity contribution in [1.29, 1.82) is 0 Å². The summed E-state index contributed by atoms with van der Waals surface area (Å²) in [6, 6.07) is 7.65. The fourth-order valence-corrected chi connectivity index (χ4v) is 3.73. The number of esters is 1. The highest BCUT2D eigenvalue weighted by Crippen LogP contribution is 2.13. The molecule has 0 saturated carbocycles. The van der Waals surface area contributed by atoms with Crippen LogP contribution in [0.15, 0.2) is 40.5 Å². The number of nitrogens with zero attached hydrogens (tertiary/aromatic N) is 2.